The lowest BCUT2D eigenvalue weighted by Crippen LogP contribution is -2.18. The van der Waals surface area contributed by atoms with E-state index in [1.54, 1.807) is 30.3 Å². The highest BCUT2D eigenvalue weighted by Crippen LogP contribution is 2.21. The zero-order valence-electron chi connectivity index (χ0n) is 12.1. The van der Waals surface area contributed by atoms with Crippen molar-refractivity contribution in [3.63, 3.8) is 0 Å². The van der Waals surface area contributed by atoms with Crippen LogP contribution in [0.15, 0.2) is 47.6 Å². The minimum atomic E-state index is -3.82. The van der Waals surface area contributed by atoms with E-state index in [1.807, 2.05) is 10.7 Å². The maximum absolute atomic E-state index is 12.6. The number of para-hydroxylation sites is 1. The normalized spacial score (nSPS) is 13.9. The number of fused-ring (bicyclic) bond motifs is 1. The Morgan fingerprint density at radius 2 is 2.00 bits per heavy atom. The predicted molar refractivity (Wildman–Crippen MR) is 82.7 cm³/mol. The molecule has 0 aliphatic carbocycles. The van der Waals surface area contributed by atoms with Gasteiger partial charge >= 0.3 is 0 Å². The second-order valence-electron chi connectivity index (χ2n) is 5.27. The number of hydrogen-bond acceptors (Lipinski definition) is 5. The predicted octanol–water partition coefficient (Wildman–Crippen LogP) is 1.21. The summed E-state index contributed by atoms with van der Waals surface area (Å²) in [7, 11) is -3.82. The monoisotopic (exact) mass is 330 g/mol. The first-order valence-corrected chi connectivity index (χ1v) is 8.67. The number of nitrogens with zero attached hydrogens (tertiary/aromatic N) is 5. The van der Waals surface area contributed by atoms with Gasteiger partial charge in [-0.25, -0.2) is 0 Å². The van der Waals surface area contributed by atoms with Gasteiger partial charge in [0.25, 0.3) is 10.0 Å². The largest absolute Gasteiger partial charge is 0.282 e. The van der Waals surface area contributed by atoms with E-state index < -0.39 is 10.0 Å². The number of aromatic nitrogens is 5. The molecule has 0 amide bonds. The molecule has 0 spiro atoms. The van der Waals surface area contributed by atoms with Gasteiger partial charge in [-0.1, -0.05) is 23.4 Å². The highest BCUT2D eigenvalue weighted by atomic mass is 32.2. The summed E-state index contributed by atoms with van der Waals surface area (Å²) in [5.74, 6) is 0.320. The third-order valence-corrected chi connectivity index (χ3v) is 5.01. The molecule has 118 valence electrons. The molecule has 0 saturated heterocycles. The van der Waals surface area contributed by atoms with Crippen LogP contribution in [-0.4, -0.2) is 33.2 Å². The van der Waals surface area contributed by atoms with Crippen LogP contribution in [0.5, 0.6) is 0 Å². The highest BCUT2D eigenvalue weighted by molar-refractivity contribution is 7.92. The van der Waals surface area contributed by atoms with Crippen LogP contribution in [0.25, 0.3) is 5.69 Å². The van der Waals surface area contributed by atoms with Crippen LogP contribution in [-0.2, 0) is 23.0 Å². The molecule has 0 unspecified atom stereocenters. The lowest BCUT2D eigenvalue weighted by atomic mass is 10.3. The van der Waals surface area contributed by atoms with Crippen molar-refractivity contribution in [1.29, 1.82) is 0 Å². The van der Waals surface area contributed by atoms with Crippen molar-refractivity contribution in [3.8, 4) is 5.69 Å². The average molecular weight is 330 g/mol. The maximum atomic E-state index is 12.6. The van der Waals surface area contributed by atoms with E-state index >= 15 is 0 Å². The minimum absolute atomic E-state index is 0.0307. The Hall–Kier alpha value is -2.68. The summed E-state index contributed by atoms with van der Waals surface area (Å²) < 4.78 is 30.9. The summed E-state index contributed by atoms with van der Waals surface area (Å²) in [6.07, 6.45) is 3.18. The molecule has 0 atom stereocenters. The van der Waals surface area contributed by atoms with E-state index in [2.05, 4.69) is 20.1 Å². The van der Waals surface area contributed by atoms with Gasteiger partial charge in [0.2, 0.25) is 0 Å². The molecule has 9 heteroatoms. The molecule has 4 rings (SSSR count). The Balaban J connectivity index is 1.68. The minimum Gasteiger partial charge on any atom is -0.267 e. The quantitative estimate of drug-likeness (QED) is 0.776. The molecule has 1 aliphatic heterocycles. The van der Waals surface area contributed by atoms with Gasteiger partial charge in [0.15, 0.2) is 10.8 Å². The van der Waals surface area contributed by atoms with E-state index in [1.165, 1.54) is 10.9 Å². The molecule has 0 radical (unpaired) electrons. The molecule has 3 heterocycles. The van der Waals surface area contributed by atoms with Gasteiger partial charge in [-0.05, 0) is 25.0 Å². The summed E-state index contributed by atoms with van der Waals surface area (Å²) in [6.45, 7) is 0.820. The Morgan fingerprint density at radius 3 is 2.78 bits per heavy atom. The molecule has 1 aromatic carbocycles. The molecule has 0 saturated carbocycles. The van der Waals surface area contributed by atoms with Crippen LogP contribution in [0.2, 0.25) is 0 Å². The van der Waals surface area contributed by atoms with Gasteiger partial charge < -0.3 is 0 Å². The van der Waals surface area contributed by atoms with Crippen molar-refractivity contribution in [3.05, 3.63) is 48.3 Å². The second-order valence-corrected chi connectivity index (χ2v) is 6.90. The zero-order valence-corrected chi connectivity index (χ0v) is 12.9. The number of hydrogen-bond donors (Lipinski definition) is 1. The molecule has 8 nitrogen and oxygen atoms in total. The van der Waals surface area contributed by atoms with Crippen molar-refractivity contribution < 1.29 is 8.42 Å². The van der Waals surface area contributed by atoms with Crippen LogP contribution < -0.4 is 4.72 Å². The Bertz CT molecular complexity index is 923. The molecular formula is C14H14N6O2S. The maximum Gasteiger partial charge on any atom is 0.282 e. The number of rotatable bonds is 4. The molecular weight excluding hydrogens is 316 g/mol. The van der Waals surface area contributed by atoms with E-state index in [-0.39, 0.29) is 5.03 Å². The lowest BCUT2D eigenvalue weighted by Gasteiger charge is -2.07. The smallest absolute Gasteiger partial charge is 0.267 e. The van der Waals surface area contributed by atoms with Crippen molar-refractivity contribution in [2.45, 2.75) is 24.4 Å². The first-order valence-electron chi connectivity index (χ1n) is 7.19. The molecule has 3 aromatic rings. The molecule has 0 fully saturated rings. The first-order chi connectivity index (χ1) is 11.1. The van der Waals surface area contributed by atoms with Crippen molar-refractivity contribution in [2.24, 2.45) is 0 Å². The lowest BCUT2D eigenvalue weighted by molar-refractivity contribution is 0.590. The highest BCUT2D eigenvalue weighted by Gasteiger charge is 2.24. The van der Waals surface area contributed by atoms with E-state index in [4.69, 9.17) is 0 Å². The zero-order chi connectivity index (χ0) is 15.9. The van der Waals surface area contributed by atoms with Gasteiger partial charge in [-0.2, -0.15) is 18.2 Å². The number of sulfonamides is 1. The third-order valence-electron chi connectivity index (χ3n) is 3.70. The van der Waals surface area contributed by atoms with E-state index in [9.17, 15) is 8.42 Å². The Morgan fingerprint density at radius 1 is 1.17 bits per heavy atom. The van der Waals surface area contributed by atoms with Crippen LogP contribution in [0.4, 0.5) is 5.82 Å². The van der Waals surface area contributed by atoms with Crippen LogP contribution >= 0.6 is 0 Å². The third kappa shape index (κ3) is 2.48. The van der Waals surface area contributed by atoms with Crippen molar-refractivity contribution in [2.75, 3.05) is 4.72 Å². The van der Waals surface area contributed by atoms with Crippen LogP contribution in [0, 0.1) is 0 Å². The van der Waals surface area contributed by atoms with Gasteiger partial charge in [0.1, 0.15) is 0 Å². The summed E-state index contributed by atoms with van der Waals surface area (Å²) in [5.41, 5.74) is 1.66. The van der Waals surface area contributed by atoms with E-state index in [0.717, 1.165) is 25.1 Å². The van der Waals surface area contributed by atoms with Gasteiger partial charge in [-0.15, -0.1) is 5.10 Å². The summed E-state index contributed by atoms with van der Waals surface area (Å²) >= 11 is 0. The van der Waals surface area contributed by atoms with Crippen molar-refractivity contribution >= 4 is 15.8 Å². The fraction of sp³-hybridized carbons (Fsp3) is 0.214. The van der Waals surface area contributed by atoms with Crippen LogP contribution in [0.1, 0.15) is 12.1 Å². The fourth-order valence-corrected chi connectivity index (χ4v) is 3.69. The Kier molecular flexibility index (Phi) is 3.15. The molecule has 1 aliphatic rings. The molecule has 23 heavy (non-hydrogen) atoms. The number of nitrogens with one attached hydrogen (secondary N) is 1. The summed E-state index contributed by atoms with van der Waals surface area (Å²) in [4.78, 5) is 0. The number of aryl methyl sites for hydroxylation is 2. The van der Waals surface area contributed by atoms with E-state index in [0.29, 0.717) is 11.5 Å². The van der Waals surface area contributed by atoms with Crippen LogP contribution in [0.3, 0.4) is 0 Å². The average Bonchev–Trinajstić information content (AvgIpc) is 3.22. The van der Waals surface area contributed by atoms with Gasteiger partial charge in [0, 0.05) is 18.3 Å². The SMILES string of the molecule is O=S(=O)(Nc1cc2n(n1)CCC2)c1cnnn1-c1ccccc1. The first kappa shape index (κ1) is 13.9. The van der Waals surface area contributed by atoms with Gasteiger partial charge in [0.05, 0.1) is 11.9 Å². The molecule has 0 bridgehead atoms. The standard InChI is InChI=1S/C14H14N6O2S/c21-23(22,17-13-9-12-7-4-8-19(12)16-13)14-10-15-18-20(14)11-5-2-1-3-6-11/h1-3,5-6,9-10H,4,7-8H2,(H,16,17). The van der Waals surface area contributed by atoms with Crippen molar-refractivity contribution in [1.82, 2.24) is 24.8 Å². The Labute approximate surface area is 132 Å². The topological polar surface area (TPSA) is 94.7 Å². The molecule has 1 N–H and O–H groups in total. The fourth-order valence-electron chi connectivity index (χ4n) is 2.66. The second kappa shape index (κ2) is 5.20. The summed E-state index contributed by atoms with van der Waals surface area (Å²) in [5, 5.41) is 11.8. The summed E-state index contributed by atoms with van der Waals surface area (Å²) in [6, 6.07) is 10.7. The number of anilines is 1. The number of benzene rings is 1. The van der Waals surface area contributed by atoms with Gasteiger partial charge in [-0.3, -0.25) is 9.40 Å². The molecule has 2 aromatic heterocycles.